The second-order valence-electron chi connectivity index (χ2n) is 10.0. The van der Waals surface area contributed by atoms with Crippen LogP contribution in [-0.2, 0) is 26.2 Å². The van der Waals surface area contributed by atoms with Crippen LogP contribution >= 0.6 is 11.6 Å². The number of sulfonamides is 1. The van der Waals surface area contributed by atoms with Gasteiger partial charge in [0.05, 0.1) is 10.6 Å². The van der Waals surface area contributed by atoms with Gasteiger partial charge in [0.15, 0.2) is 0 Å². The Bertz CT molecular complexity index is 1460. The third-order valence-corrected chi connectivity index (χ3v) is 9.42. The van der Waals surface area contributed by atoms with E-state index in [1.807, 2.05) is 0 Å². The molecule has 3 aromatic carbocycles. The molecule has 40 heavy (non-hydrogen) atoms. The summed E-state index contributed by atoms with van der Waals surface area (Å²) >= 11 is 6.34. The summed E-state index contributed by atoms with van der Waals surface area (Å²) in [6, 6.07) is 17.5. The van der Waals surface area contributed by atoms with E-state index >= 15 is 0 Å². The minimum Gasteiger partial charge on any atom is -0.352 e. The van der Waals surface area contributed by atoms with Gasteiger partial charge in [-0.05, 0) is 62.6 Å². The fraction of sp³-hybridized carbons (Fsp3) is 0.333. The number of halogens is 2. The summed E-state index contributed by atoms with van der Waals surface area (Å²) in [5.74, 6) is -1.55. The Balaban J connectivity index is 1.70. The van der Waals surface area contributed by atoms with Crippen molar-refractivity contribution in [2.75, 3.05) is 10.8 Å². The number of nitrogens with zero attached hydrogens (tertiary/aromatic N) is 2. The van der Waals surface area contributed by atoms with Crippen molar-refractivity contribution < 1.29 is 22.4 Å². The molecule has 4 rings (SSSR count). The van der Waals surface area contributed by atoms with Crippen molar-refractivity contribution in [2.45, 2.75) is 63.1 Å². The Morgan fingerprint density at radius 3 is 2.33 bits per heavy atom. The van der Waals surface area contributed by atoms with Gasteiger partial charge in [-0.3, -0.25) is 13.9 Å². The monoisotopic (exact) mass is 585 g/mol. The van der Waals surface area contributed by atoms with Gasteiger partial charge >= 0.3 is 0 Å². The number of rotatable bonds is 10. The highest BCUT2D eigenvalue weighted by atomic mass is 35.5. The summed E-state index contributed by atoms with van der Waals surface area (Å²) in [7, 11) is -4.21. The van der Waals surface area contributed by atoms with Crippen molar-refractivity contribution in [3.05, 3.63) is 94.8 Å². The summed E-state index contributed by atoms with van der Waals surface area (Å²) in [5.41, 5.74) is 1.15. The molecule has 10 heteroatoms. The second kappa shape index (κ2) is 12.8. The number of hydrogen-bond acceptors (Lipinski definition) is 4. The lowest BCUT2D eigenvalue weighted by Crippen LogP contribution is -2.52. The van der Waals surface area contributed by atoms with Crippen LogP contribution in [0.1, 0.15) is 43.7 Å². The number of anilines is 1. The van der Waals surface area contributed by atoms with E-state index in [2.05, 4.69) is 5.32 Å². The highest BCUT2D eigenvalue weighted by Gasteiger charge is 2.33. The maximum absolute atomic E-state index is 14.7. The number of aryl methyl sites for hydroxylation is 1. The lowest BCUT2D eigenvalue weighted by atomic mass is 10.1. The van der Waals surface area contributed by atoms with E-state index < -0.39 is 34.3 Å². The fourth-order valence-corrected chi connectivity index (χ4v) is 6.37. The van der Waals surface area contributed by atoms with Crippen LogP contribution in [0.25, 0.3) is 0 Å². The predicted molar refractivity (Wildman–Crippen MR) is 154 cm³/mol. The maximum Gasteiger partial charge on any atom is 0.264 e. The average Bonchev–Trinajstić information content (AvgIpc) is 3.46. The van der Waals surface area contributed by atoms with Crippen molar-refractivity contribution in [1.82, 2.24) is 10.2 Å². The molecular weight excluding hydrogens is 553 g/mol. The van der Waals surface area contributed by atoms with E-state index in [9.17, 15) is 22.4 Å². The normalized spacial score (nSPS) is 14.5. The van der Waals surface area contributed by atoms with Crippen molar-refractivity contribution in [3.8, 4) is 0 Å². The number of benzene rings is 3. The largest absolute Gasteiger partial charge is 0.352 e. The lowest BCUT2D eigenvalue weighted by molar-refractivity contribution is -0.139. The number of nitrogens with one attached hydrogen (secondary N) is 1. The summed E-state index contributed by atoms with van der Waals surface area (Å²) in [6.45, 7) is 2.53. The molecule has 212 valence electrons. The third kappa shape index (κ3) is 6.82. The Labute approximate surface area is 240 Å². The molecule has 0 radical (unpaired) electrons. The Hall–Kier alpha value is -3.43. The zero-order chi connectivity index (χ0) is 28.9. The summed E-state index contributed by atoms with van der Waals surface area (Å²) in [6.07, 6.45) is 3.75. The number of carbonyl (C=O) groups excluding carboxylic acids is 2. The first-order chi connectivity index (χ1) is 19.1. The van der Waals surface area contributed by atoms with Gasteiger partial charge in [0.2, 0.25) is 11.8 Å². The highest BCUT2D eigenvalue weighted by molar-refractivity contribution is 7.92. The Morgan fingerprint density at radius 1 is 1.02 bits per heavy atom. The molecular formula is C30H33ClFN3O4S. The first-order valence-corrected chi connectivity index (χ1v) is 15.1. The number of hydrogen-bond donors (Lipinski definition) is 1. The molecule has 0 spiro atoms. The van der Waals surface area contributed by atoms with E-state index in [0.717, 1.165) is 35.6 Å². The van der Waals surface area contributed by atoms with Crippen LogP contribution in [0.3, 0.4) is 0 Å². The van der Waals surface area contributed by atoms with Crippen molar-refractivity contribution in [1.29, 1.82) is 0 Å². The van der Waals surface area contributed by atoms with Gasteiger partial charge in [-0.25, -0.2) is 12.8 Å². The molecule has 1 aliphatic rings. The molecule has 0 aliphatic heterocycles. The first-order valence-electron chi connectivity index (χ1n) is 13.2. The van der Waals surface area contributed by atoms with E-state index in [4.69, 9.17) is 11.6 Å². The molecule has 1 N–H and O–H groups in total. The Morgan fingerprint density at radius 2 is 1.68 bits per heavy atom. The SMILES string of the molecule is Cc1ccc(N(CC(=O)N(Cc2ccccc2F)C(C)C(=O)NC2CCCC2)S(=O)(=O)c2ccccc2)cc1Cl. The van der Waals surface area contributed by atoms with Gasteiger partial charge in [-0.15, -0.1) is 0 Å². The van der Waals surface area contributed by atoms with Gasteiger partial charge < -0.3 is 10.2 Å². The summed E-state index contributed by atoms with van der Waals surface area (Å²) in [5, 5.41) is 3.33. The minimum atomic E-state index is -4.21. The molecule has 1 fully saturated rings. The molecule has 1 atom stereocenters. The van der Waals surface area contributed by atoms with Gasteiger partial charge in [0, 0.05) is 23.2 Å². The predicted octanol–water partition coefficient (Wildman–Crippen LogP) is 5.46. The molecule has 1 aliphatic carbocycles. The molecule has 0 bridgehead atoms. The van der Waals surface area contributed by atoms with Crippen LogP contribution in [-0.4, -0.2) is 43.8 Å². The maximum atomic E-state index is 14.7. The van der Waals surface area contributed by atoms with E-state index in [-0.39, 0.29) is 34.6 Å². The average molecular weight is 586 g/mol. The van der Waals surface area contributed by atoms with Gasteiger partial charge in [0.1, 0.15) is 18.4 Å². The summed E-state index contributed by atoms with van der Waals surface area (Å²) < 4.78 is 43.3. The van der Waals surface area contributed by atoms with Gasteiger partial charge in [-0.1, -0.05) is 66.9 Å². The topological polar surface area (TPSA) is 86.8 Å². The number of carbonyl (C=O) groups is 2. The van der Waals surface area contributed by atoms with E-state index in [1.54, 1.807) is 50.2 Å². The minimum absolute atomic E-state index is 0.00724. The fourth-order valence-electron chi connectivity index (χ4n) is 4.77. The zero-order valence-corrected chi connectivity index (χ0v) is 24.1. The molecule has 3 aromatic rings. The van der Waals surface area contributed by atoms with Crippen LogP contribution in [0.2, 0.25) is 5.02 Å². The highest BCUT2D eigenvalue weighted by Crippen LogP contribution is 2.29. The summed E-state index contributed by atoms with van der Waals surface area (Å²) in [4.78, 5) is 28.4. The lowest BCUT2D eigenvalue weighted by Gasteiger charge is -2.32. The molecule has 0 saturated heterocycles. The van der Waals surface area contributed by atoms with Crippen LogP contribution < -0.4 is 9.62 Å². The number of amides is 2. The van der Waals surface area contributed by atoms with E-state index in [0.29, 0.717) is 5.02 Å². The molecule has 1 saturated carbocycles. The first kappa shape index (κ1) is 29.6. The zero-order valence-electron chi connectivity index (χ0n) is 22.5. The molecule has 7 nitrogen and oxygen atoms in total. The second-order valence-corrected chi connectivity index (χ2v) is 12.3. The third-order valence-electron chi connectivity index (χ3n) is 7.22. The van der Waals surface area contributed by atoms with Gasteiger partial charge in [0.25, 0.3) is 10.0 Å². The molecule has 2 amide bonds. The molecule has 0 aromatic heterocycles. The smallest absolute Gasteiger partial charge is 0.264 e. The van der Waals surface area contributed by atoms with Crippen molar-refractivity contribution in [3.63, 3.8) is 0 Å². The quantitative estimate of drug-likeness (QED) is 0.342. The molecule has 0 heterocycles. The van der Waals surface area contributed by atoms with Crippen LogP contribution in [0, 0.1) is 12.7 Å². The van der Waals surface area contributed by atoms with Crippen LogP contribution in [0.4, 0.5) is 10.1 Å². The van der Waals surface area contributed by atoms with Gasteiger partial charge in [-0.2, -0.15) is 0 Å². The molecule has 1 unspecified atom stereocenters. The van der Waals surface area contributed by atoms with Crippen LogP contribution in [0.5, 0.6) is 0 Å². The standard InChI is InChI=1S/C30H33ClFN3O4S/c1-21-16-17-25(18-27(21)31)35(40(38,39)26-13-4-3-5-14-26)20-29(36)34(19-23-10-6-9-15-28(23)32)22(2)30(37)33-24-11-7-8-12-24/h3-6,9-10,13-18,22,24H,7-8,11-12,19-20H2,1-2H3,(H,33,37). The Kier molecular flexibility index (Phi) is 9.48. The van der Waals surface area contributed by atoms with Crippen molar-refractivity contribution in [2.24, 2.45) is 0 Å². The van der Waals surface area contributed by atoms with E-state index in [1.165, 1.54) is 41.3 Å². The van der Waals surface area contributed by atoms with Crippen LogP contribution in [0.15, 0.2) is 77.7 Å². The van der Waals surface area contributed by atoms with Crippen molar-refractivity contribution >= 4 is 39.1 Å².